The fourth-order valence-electron chi connectivity index (χ4n) is 5.46. The van der Waals surface area contributed by atoms with E-state index in [1.165, 1.54) is 0 Å². The standard InChI is InChI=1S/C28H30N2O6/c1-18-13-22(19(2)30(18)21-4-6-23-26(15-21)34-12-11-33-23)27(31)29-16-28(7-9-32-10-8-28)20-3-5-24-25(14-20)36-17-35-24/h3-6,13-15H,7-12,16-17H2,1-2H3,(H,29,31). The van der Waals surface area contributed by atoms with Crippen molar-refractivity contribution < 1.29 is 28.5 Å². The zero-order valence-corrected chi connectivity index (χ0v) is 20.6. The lowest BCUT2D eigenvalue weighted by molar-refractivity contribution is 0.0486. The molecule has 0 aliphatic carbocycles. The number of nitrogens with zero attached hydrogens (tertiary/aromatic N) is 1. The minimum absolute atomic E-state index is 0.0847. The lowest BCUT2D eigenvalue weighted by Gasteiger charge is -2.38. The Labute approximate surface area is 210 Å². The van der Waals surface area contributed by atoms with E-state index < -0.39 is 0 Å². The maximum absolute atomic E-state index is 13.5. The Morgan fingerprint density at radius 2 is 1.56 bits per heavy atom. The highest BCUT2D eigenvalue weighted by Gasteiger charge is 2.36. The first-order chi connectivity index (χ1) is 17.5. The number of hydrogen-bond donors (Lipinski definition) is 1. The largest absolute Gasteiger partial charge is 0.486 e. The Kier molecular flexibility index (Phi) is 5.76. The molecule has 0 atom stereocenters. The van der Waals surface area contributed by atoms with E-state index in [-0.39, 0.29) is 18.1 Å². The summed E-state index contributed by atoms with van der Waals surface area (Å²) in [6, 6.07) is 13.9. The summed E-state index contributed by atoms with van der Waals surface area (Å²) >= 11 is 0. The van der Waals surface area contributed by atoms with Crippen LogP contribution in [0.15, 0.2) is 42.5 Å². The maximum atomic E-state index is 13.5. The van der Waals surface area contributed by atoms with Crippen LogP contribution in [0, 0.1) is 13.8 Å². The van der Waals surface area contributed by atoms with Gasteiger partial charge in [0, 0.05) is 48.3 Å². The molecule has 3 aliphatic rings. The van der Waals surface area contributed by atoms with Crippen LogP contribution in [-0.2, 0) is 10.2 Å². The molecule has 188 valence electrons. The molecule has 1 amide bonds. The topological polar surface area (TPSA) is 80.2 Å². The summed E-state index contributed by atoms with van der Waals surface area (Å²) in [5.41, 5.74) is 4.37. The van der Waals surface area contributed by atoms with Crippen LogP contribution < -0.4 is 24.3 Å². The summed E-state index contributed by atoms with van der Waals surface area (Å²) in [4.78, 5) is 13.5. The van der Waals surface area contributed by atoms with Gasteiger partial charge in [-0.2, -0.15) is 0 Å². The normalized spacial score (nSPS) is 17.6. The molecule has 2 aromatic carbocycles. The average Bonchev–Trinajstić information content (AvgIpc) is 3.50. The van der Waals surface area contributed by atoms with E-state index in [0.717, 1.165) is 58.5 Å². The van der Waals surface area contributed by atoms with Gasteiger partial charge in [0.25, 0.3) is 5.91 Å². The number of hydrogen-bond acceptors (Lipinski definition) is 6. The minimum atomic E-state index is -0.226. The fourth-order valence-corrected chi connectivity index (χ4v) is 5.46. The Hall–Kier alpha value is -3.65. The molecule has 0 bridgehead atoms. The number of carbonyl (C=O) groups is 1. The van der Waals surface area contributed by atoms with E-state index >= 15 is 0 Å². The quantitative estimate of drug-likeness (QED) is 0.581. The van der Waals surface area contributed by atoms with Crippen molar-refractivity contribution in [3.8, 4) is 28.7 Å². The lowest BCUT2D eigenvalue weighted by atomic mass is 9.74. The molecule has 8 heteroatoms. The number of fused-ring (bicyclic) bond motifs is 2. The Balaban J connectivity index is 1.25. The molecule has 8 nitrogen and oxygen atoms in total. The van der Waals surface area contributed by atoms with Crippen molar-refractivity contribution in [1.29, 1.82) is 0 Å². The summed E-state index contributed by atoms with van der Waals surface area (Å²) in [7, 11) is 0. The third-order valence-electron chi connectivity index (χ3n) is 7.48. The zero-order chi connectivity index (χ0) is 24.7. The first-order valence-electron chi connectivity index (χ1n) is 12.4. The molecule has 1 saturated heterocycles. The average molecular weight is 491 g/mol. The molecular weight excluding hydrogens is 460 g/mol. The highest BCUT2D eigenvalue weighted by atomic mass is 16.7. The number of rotatable bonds is 5. The molecule has 6 rings (SSSR count). The van der Waals surface area contributed by atoms with Gasteiger partial charge in [0.05, 0.1) is 5.56 Å². The third-order valence-corrected chi connectivity index (χ3v) is 7.48. The molecule has 0 unspecified atom stereocenters. The summed E-state index contributed by atoms with van der Waals surface area (Å²) < 4.78 is 30.3. The Bertz CT molecular complexity index is 1310. The van der Waals surface area contributed by atoms with Crippen LogP contribution in [0.25, 0.3) is 5.69 Å². The van der Waals surface area contributed by atoms with Crippen LogP contribution in [-0.4, -0.2) is 50.2 Å². The van der Waals surface area contributed by atoms with Gasteiger partial charge in [0.1, 0.15) is 13.2 Å². The molecule has 3 aliphatic heterocycles. The number of amides is 1. The molecule has 0 saturated carbocycles. The van der Waals surface area contributed by atoms with Crippen molar-refractivity contribution in [3.63, 3.8) is 0 Å². The molecular formula is C28H30N2O6. The van der Waals surface area contributed by atoms with Crippen molar-refractivity contribution in [3.05, 3.63) is 65.0 Å². The molecule has 1 aromatic heterocycles. The summed E-state index contributed by atoms with van der Waals surface area (Å²) in [6.07, 6.45) is 1.65. The van der Waals surface area contributed by atoms with Gasteiger partial charge in [-0.1, -0.05) is 6.07 Å². The smallest absolute Gasteiger partial charge is 0.253 e. The first kappa shape index (κ1) is 22.8. The Morgan fingerprint density at radius 1 is 0.861 bits per heavy atom. The summed E-state index contributed by atoms with van der Waals surface area (Å²) in [5, 5.41) is 3.23. The predicted molar refractivity (Wildman–Crippen MR) is 133 cm³/mol. The number of benzene rings is 2. The molecule has 4 heterocycles. The van der Waals surface area contributed by atoms with Gasteiger partial charge < -0.3 is 33.6 Å². The van der Waals surface area contributed by atoms with Crippen molar-refractivity contribution in [1.82, 2.24) is 9.88 Å². The van der Waals surface area contributed by atoms with E-state index in [1.807, 2.05) is 50.2 Å². The minimum Gasteiger partial charge on any atom is -0.486 e. The number of aryl methyl sites for hydroxylation is 1. The van der Waals surface area contributed by atoms with Crippen molar-refractivity contribution in [2.24, 2.45) is 0 Å². The SMILES string of the molecule is Cc1cc(C(=O)NCC2(c3ccc4c(c3)OCO4)CCOCC2)c(C)n1-c1ccc2c(c1)OCCO2. The number of nitrogens with one attached hydrogen (secondary N) is 1. The van der Waals surface area contributed by atoms with Crippen LogP contribution in [0.2, 0.25) is 0 Å². The zero-order valence-electron chi connectivity index (χ0n) is 20.6. The van der Waals surface area contributed by atoms with Crippen LogP contribution in [0.4, 0.5) is 0 Å². The van der Waals surface area contributed by atoms with E-state index in [4.69, 9.17) is 23.7 Å². The van der Waals surface area contributed by atoms with E-state index in [0.29, 0.717) is 38.5 Å². The van der Waals surface area contributed by atoms with E-state index in [1.54, 1.807) is 0 Å². The van der Waals surface area contributed by atoms with Crippen molar-refractivity contribution in [2.45, 2.75) is 32.1 Å². The molecule has 0 spiro atoms. The third kappa shape index (κ3) is 3.95. The van der Waals surface area contributed by atoms with Crippen LogP contribution in [0.5, 0.6) is 23.0 Å². The fraction of sp³-hybridized carbons (Fsp3) is 0.393. The molecule has 1 fully saturated rings. The summed E-state index contributed by atoms with van der Waals surface area (Å²) in [5.74, 6) is 2.90. The maximum Gasteiger partial charge on any atom is 0.253 e. The summed E-state index contributed by atoms with van der Waals surface area (Å²) in [6.45, 7) is 7.13. The monoisotopic (exact) mass is 490 g/mol. The van der Waals surface area contributed by atoms with Crippen molar-refractivity contribution in [2.75, 3.05) is 39.8 Å². The van der Waals surface area contributed by atoms with Crippen LogP contribution >= 0.6 is 0 Å². The van der Waals surface area contributed by atoms with Crippen molar-refractivity contribution >= 4 is 5.91 Å². The Morgan fingerprint density at radius 3 is 2.39 bits per heavy atom. The second kappa shape index (κ2) is 9.09. The highest BCUT2D eigenvalue weighted by Crippen LogP contribution is 2.41. The first-order valence-corrected chi connectivity index (χ1v) is 12.4. The number of aromatic nitrogens is 1. The van der Waals surface area contributed by atoms with Crippen LogP contribution in [0.3, 0.4) is 0 Å². The van der Waals surface area contributed by atoms with E-state index in [2.05, 4.69) is 16.0 Å². The van der Waals surface area contributed by atoms with Gasteiger partial charge in [-0.15, -0.1) is 0 Å². The van der Waals surface area contributed by atoms with Gasteiger partial charge in [-0.25, -0.2) is 0 Å². The molecule has 36 heavy (non-hydrogen) atoms. The van der Waals surface area contributed by atoms with Crippen LogP contribution in [0.1, 0.15) is 40.2 Å². The highest BCUT2D eigenvalue weighted by molar-refractivity contribution is 5.96. The number of carbonyl (C=O) groups excluding carboxylic acids is 1. The number of ether oxygens (including phenoxy) is 5. The lowest BCUT2D eigenvalue weighted by Crippen LogP contribution is -2.44. The molecule has 0 radical (unpaired) electrons. The molecule has 3 aromatic rings. The molecule has 1 N–H and O–H groups in total. The van der Waals surface area contributed by atoms with Gasteiger partial charge >= 0.3 is 0 Å². The second-order valence-electron chi connectivity index (χ2n) is 9.59. The van der Waals surface area contributed by atoms with Gasteiger partial charge in [-0.05, 0) is 62.6 Å². The second-order valence-corrected chi connectivity index (χ2v) is 9.59. The predicted octanol–water partition coefficient (Wildman–Crippen LogP) is 4.07. The van der Waals surface area contributed by atoms with Gasteiger partial charge in [0.15, 0.2) is 23.0 Å². The van der Waals surface area contributed by atoms with Gasteiger partial charge in [0.2, 0.25) is 6.79 Å². The van der Waals surface area contributed by atoms with Gasteiger partial charge in [-0.3, -0.25) is 4.79 Å². The van der Waals surface area contributed by atoms with E-state index in [9.17, 15) is 4.79 Å².